The Labute approximate surface area is 100 Å². The van der Waals surface area contributed by atoms with Crippen LogP contribution in [0.4, 0.5) is 5.82 Å². The summed E-state index contributed by atoms with van der Waals surface area (Å²) in [5, 5.41) is 3.35. The lowest BCUT2D eigenvalue weighted by Gasteiger charge is -2.29. The van der Waals surface area contributed by atoms with E-state index in [9.17, 15) is 0 Å². The van der Waals surface area contributed by atoms with Crippen molar-refractivity contribution in [3.63, 3.8) is 0 Å². The molecule has 3 rings (SSSR count). The lowest BCUT2D eigenvalue weighted by Crippen LogP contribution is -2.31. The minimum Gasteiger partial charge on any atom is -0.356 e. The SMILES string of the molecule is S=c1nc(N2CCCCC2)c2c([nH]1)CNC2. The molecule has 2 N–H and O–H groups in total. The van der Waals surface area contributed by atoms with Gasteiger partial charge in [-0.3, -0.25) is 0 Å². The zero-order valence-corrected chi connectivity index (χ0v) is 10.1. The van der Waals surface area contributed by atoms with Gasteiger partial charge in [-0.15, -0.1) is 0 Å². The molecular formula is C11H16N4S. The molecule has 1 fully saturated rings. The third-order valence-corrected chi connectivity index (χ3v) is 3.55. The molecule has 1 aromatic heterocycles. The van der Waals surface area contributed by atoms with E-state index in [4.69, 9.17) is 12.2 Å². The molecule has 3 heterocycles. The topological polar surface area (TPSA) is 44.0 Å². The van der Waals surface area contributed by atoms with Crippen molar-refractivity contribution < 1.29 is 0 Å². The number of piperidine rings is 1. The molecular weight excluding hydrogens is 220 g/mol. The molecule has 4 nitrogen and oxygen atoms in total. The molecule has 2 aliphatic heterocycles. The number of hydrogen-bond acceptors (Lipinski definition) is 4. The van der Waals surface area contributed by atoms with E-state index in [1.165, 1.54) is 30.5 Å². The summed E-state index contributed by atoms with van der Waals surface area (Å²) in [6.07, 6.45) is 3.89. The fraction of sp³-hybridized carbons (Fsp3) is 0.636. The maximum atomic E-state index is 5.19. The number of hydrogen-bond donors (Lipinski definition) is 2. The quantitative estimate of drug-likeness (QED) is 0.729. The normalized spacial score (nSPS) is 19.9. The van der Waals surface area contributed by atoms with Crippen molar-refractivity contribution in [2.45, 2.75) is 32.4 Å². The Morgan fingerprint density at radius 1 is 1.12 bits per heavy atom. The van der Waals surface area contributed by atoms with E-state index < -0.39 is 0 Å². The summed E-state index contributed by atoms with van der Waals surface area (Å²) in [6.45, 7) is 4.05. The van der Waals surface area contributed by atoms with Crippen LogP contribution < -0.4 is 10.2 Å². The van der Waals surface area contributed by atoms with Crippen LogP contribution in [-0.2, 0) is 13.1 Å². The van der Waals surface area contributed by atoms with Gasteiger partial charge in [0.1, 0.15) is 5.82 Å². The molecule has 0 aromatic carbocycles. The molecule has 0 atom stereocenters. The second-order valence-corrected chi connectivity index (χ2v) is 4.86. The Bertz CT molecular complexity index is 448. The van der Waals surface area contributed by atoms with Crippen molar-refractivity contribution in [3.05, 3.63) is 16.0 Å². The molecule has 0 spiro atoms. The average Bonchev–Trinajstić information content (AvgIpc) is 2.77. The van der Waals surface area contributed by atoms with Crippen molar-refractivity contribution in [2.24, 2.45) is 0 Å². The Hall–Kier alpha value is -0.940. The zero-order chi connectivity index (χ0) is 11.0. The number of nitrogens with one attached hydrogen (secondary N) is 2. The summed E-state index contributed by atoms with van der Waals surface area (Å²) in [7, 11) is 0. The van der Waals surface area contributed by atoms with Gasteiger partial charge in [-0.1, -0.05) is 0 Å². The van der Waals surface area contributed by atoms with Gasteiger partial charge in [-0.25, -0.2) is 4.98 Å². The standard InChI is InChI=1S/C11H16N4S/c16-11-13-9-7-12-6-8(9)10(14-11)15-4-2-1-3-5-15/h12H,1-7H2,(H,13,14,16). The van der Waals surface area contributed by atoms with Gasteiger partial charge in [0.25, 0.3) is 0 Å². The van der Waals surface area contributed by atoms with Gasteiger partial charge in [0.15, 0.2) is 4.77 Å². The van der Waals surface area contributed by atoms with Gasteiger partial charge in [0, 0.05) is 37.4 Å². The number of nitrogens with zero attached hydrogens (tertiary/aromatic N) is 2. The Morgan fingerprint density at radius 2 is 1.94 bits per heavy atom. The predicted octanol–water partition coefficient (Wildman–Crippen LogP) is 1.73. The third kappa shape index (κ3) is 1.74. The largest absolute Gasteiger partial charge is 0.356 e. The highest BCUT2D eigenvalue weighted by Gasteiger charge is 2.21. The van der Waals surface area contributed by atoms with Crippen LogP contribution in [0.3, 0.4) is 0 Å². The monoisotopic (exact) mass is 236 g/mol. The van der Waals surface area contributed by atoms with E-state index >= 15 is 0 Å². The van der Waals surface area contributed by atoms with Crippen molar-refractivity contribution in [1.82, 2.24) is 15.3 Å². The van der Waals surface area contributed by atoms with E-state index in [2.05, 4.69) is 20.2 Å². The van der Waals surface area contributed by atoms with Crippen LogP contribution in [0.5, 0.6) is 0 Å². The maximum Gasteiger partial charge on any atom is 0.199 e. The summed E-state index contributed by atoms with van der Waals surface area (Å²) in [5.41, 5.74) is 2.54. The van der Waals surface area contributed by atoms with Gasteiger partial charge >= 0.3 is 0 Å². The fourth-order valence-electron chi connectivity index (χ4n) is 2.55. The number of rotatable bonds is 1. The molecule has 0 aliphatic carbocycles. The first-order chi connectivity index (χ1) is 7.84. The van der Waals surface area contributed by atoms with E-state index in [-0.39, 0.29) is 0 Å². The number of fused-ring (bicyclic) bond motifs is 1. The molecule has 0 saturated carbocycles. The molecule has 1 aromatic rings. The van der Waals surface area contributed by atoms with Crippen LogP contribution in [0.15, 0.2) is 0 Å². The smallest absolute Gasteiger partial charge is 0.199 e. The van der Waals surface area contributed by atoms with Crippen molar-refractivity contribution in [1.29, 1.82) is 0 Å². The van der Waals surface area contributed by atoms with Crippen molar-refractivity contribution in [3.8, 4) is 0 Å². The number of aromatic nitrogens is 2. The van der Waals surface area contributed by atoms with Crippen LogP contribution in [0.2, 0.25) is 0 Å². The number of aromatic amines is 1. The van der Waals surface area contributed by atoms with Crippen LogP contribution in [0.1, 0.15) is 30.5 Å². The number of anilines is 1. The Balaban J connectivity index is 2.02. The first-order valence-corrected chi connectivity index (χ1v) is 6.33. The van der Waals surface area contributed by atoms with Crippen LogP contribution >= 0.6 is 12.2 Å². The second-order valence-electron chi connectivity index (χ2n) is 4.47. The van der Waals surface area contributed by atoms with Gasteiger partial charge in [-0.05, 0) is 31.5 Å². The lowest BCUT2D eigenvalue weighted by molar-refractivity contribution is 0.571. The van der Waals surface area contributed by atoms with Gasteiger partial charge < -0.3 is 15.2 Å². The molecule has 0 radical (unpaired) electrons. The molecule has 16 heavy (non-hydrogen) atoms. The highest BCUT2D eigenvalue weighted by Crippen LogP contribution is 2.26. The van der Waals surface area contributed by atoms with E-state index in [0.717, 1.165) is 32.0 Å². The molecule has 86 valence electrons. The van der Waals surface area contributed by atoms with Crippen LogP contribution in [0.25, 0.3) is 0 Å². The highest BCUT2D eigenvalue weighted by atomic mass is 32.1. The summed E-state index contributed by atoms with van der Waals surface area (Å²) in [5.74, 6) is 1.11. The van der Waals surface area contributed by atoms with E-state index in [1.807, 2.05) is 0 Å². The van der Waals surface area contributed by atoms with Crippen molar-refractivity contribution in [2.75, 3.05) is 18.0 Å². The Morgan fingerprint density at radius 3 is 2.75 bits per heavy atom. The van der Waals surface area contributed by atoms with Gasteiger partial charge in [-0.2, -0.15) is 0 Å². The zero-order valence-electron chi connectivity index (χ0n) is 9.25. The maximum absolute atomic E-state index is 5.19. The van der Waals surface area contributed by atoms with E-state index in [1.54, 1.807) is 0 Å². The second kappa shape index (κ2) is 4.14. The third-order valence-electron chi connectivity index (χ3n) is 3.36. The molecule has 2 aliphatic rings. The molecule has 0 bridgehead atoms. The summed E-state index contributed by atoms with van der Waals surface area (Å²) in [6, 6.07) is 0. The molecule has 1 saturated heterocycles. The van der Waals surface area contributed by atoms with Crippen molar-refractivity contribution >= 4 is 18.0 Å². The van der Waals surface area contributed by atoms with Gasteiger partial charge in [0.2, 0.25) is 0 Å². The first-order valence-electron chi connectivity index (χ1n) is 5.92. The summed E-state index contributed by atoms with van der Waals surface area (Å²) in [4.78, 5) is 10.1. The number of H-pyrrole nitrogens is 1. The predicted molar refractivity (Wildman–Crippen MR) is 66.0 cm³/mol. The molecule has 0 amide bonds. The van der Waals surface area contributed by atoms with Crippen LogP contribution in [0, 0.1) is 4.77 Å². The summed E-state index contributed by atoms with van der Waals surface area (Å²) < 4.78 is 0.614. The van der Waals surface area contributed by atoms with E-state index in [0.29, 0.717) is 4.77 Å². The molecule has 0 unspecified atom stereocenters. The highest BCUT2D eigenvalue weighted by molar-refractivity contribution is 7.71. The van der Waals surface area contributed by atoms with Crippen LogP contribution in [-0.4, -0.2) is 23.1 Å². The Kier molecular flexibility index (Phi) is 2.65. The molecule has 5 heteroatoms. The minimum absolute atomic E-state index is 0.614. The van der Waals surface area contributed by atoms with Gasteiger partial charge in [0.05, 0.1) is 0 Å². The average molecular weight is 236 g/mol. The lowest BCUT2D eigenvalue weighted by atomic mass is 10.1. The first kappa shape index (κ1) is 10.2. The fourth-order valence-corrected chi connectivity index (χ4v) is 2.76. The summed E-state index contributed by atoms with van der Waals surface area (Å²) >= 11 is 5.19. The minimum atomic E-state index is 0.614.